The first-order valence-corrected chi connectivity index (χ1v) is 6.82. The highest BCUT2D eigenvalue weighted by atomic mass is 32.1. The minimum Gasteiger partial charge on any atom is -0.441 e. The number of fused-ring (bicyclic) bond motifs is 1. The van der Waals surface area contributed by atoms with E-state index in [1.54, 1.807) is 18.4 Å². The van der Waals surface area contributed by atoms with Gasteiger partial charge in [-0.1, -0.05) is 11.3 Å². The first-order chi connectivity index (χ1) is 9.61. The lowest BCUT2D eigenvalue weighted by atomic mass is 10.2. The van der Waals surface area contributed by atoms with E-state index in [1.165, 1.54) is 0 Å². The molecule has 0 atom stereocenters. The van der Waals surface area contributed by atoms with Crippen LogP contribution < -0.4 is 5.32 Å². The molecule has 0 saturated heterocycles. The highest BCUT2D eigenvalue weighted by molar-refractivity contribution is 7.13. The number of nitro groups is 1. The lowest BCUT2D eigenvalue weighted by molar-refractivity contribution is -0.380. The molecule has 0 aliphatic carbocycles. The molecule has 7 heteroatoms. The van der Waals surface area contributed by atoms with Crippen molar-refractivity contribution >= 4 is 33.1 Å². The van der Waals surface area contributed by atoms with Gasteiger partial charge in [0.2, 0.25) is 0 Å². The Kier molecular flexibility index (Phi) is 3.11. The first kappa shape index (κ1) is 12.6. The molecule has 3 rings (SSSR count). The third kappa shape index (κ3) is 2.48. The molecule has 0 amide bonds. The zero-order valence-corrected chi connectivity index (χ0v) is 11.4. The summed E-state index contributed by atoms with van der Waals surface area (Å²) in [5.41, 5.74) is 3.33. The zero-order valence-electron chi connectivity index (χ0n) is 10.6. The van der Waals surface area contributed by atoms with Crippen molar-refractivity contribution in [1.82, 2.24) is 4.98 Å². The molecular formula is C13H11N3O3S. The lowest BCUT2D eigenvalue weighted by Crippen LogP contribution is -1.97. The van der Waals surface area contributed by atoms with Crippen LogP contribution in [0, 0.1) is 17.0 Å². The van der Waals surface area contributed by atoms with Gasteiger partial charge in [-0.25, -0.2) is 4.98 Å². The van der Waals surface area contributed by atoms with Crippen LogP contribution in [0.1, 0.15) is 11.5 Å². The summed E-state index contributed by atoms with van der Waals surface area (Å²) in [6, 6.07) is 7.23. The van der Waals surface area contributed by atoms with E-state index in [4.69, 9.17) is 4.42 Å². The van der Waals surface area contributed by atoms with Crippen molar-refractivity contribution < 1.29 is 9.34 Å². The van der Waals surface area contributed by atoms with Gasteiger partial charge in [-0.3, -0.25) is 10.1 Å². The third-order valence-electron chi connectivity index (χ3n) is 2.81. The molecule has 0 aliphatic rings. The summed E-state index contributed by atoms with van der Waals surface area (Å²) in [6.07, 6.45) is 0. The maximum Gasteiger partial charge on any atom is 0.324 e. The second-order valence-corrected chi connectivity index (χ2v) is 5.21. The average molecular weight is 289 g/mol. The molecule has 1 N–H and O–H groups in total. The largest absolute Gasteiger partial charge is 0.441 e. The SMILES string of the molecule is Cc1nc2cc(NCc3csc([N+](=O)[O-])c3)ccc2o1. The van der Waals surface area contributed by atoms with Gasteiger partial charge in [0.1, 0.15) is 5.52 Å². The van der Waals surface area contributed by atoms with Crippen molar-refractivity contribution in [3.05, 3.63) is 51.2 Å². The number of oxazole rings is 1. The van der Waals surface area contributed by atoms with Gasteiger partial charge in [0, 0.05) is 30.6 Å². The van der Waals surface area contributed by atoms with Crippen LogP contribution in [0.15, 0.2) is 34.1 Å². The molecule has 102 valence electrons. The number of hydrogen-bond acceptors (Lipinski definition) is 6. The van der Waals surface area contributed by atoms with Crippen molar-refractivity contribution in [2.24, 2.45) is 0 Å². The molecule has 0 radical (unpaired) electrons. The number of anilines is 1. The summed E-state index contributed by atoms with van der Waals surface area (Å²) in [5.74, 6) is 0.630. The minimum atomic E-state index is -0.377. The molecule has 2 aromatic heterocycles. The maximum absolute atomic E-state index is 10.6. The first-order valence-electron chi connectivity index (χ1n) is 5.95. The molecule has 0 fully saturated rings. The van der Waals surface area contributed by atoms with E-state index < -0.39 is 0 Å². The lowest BCUT2D eigenvalue weighted by Gasteiger charge is -2.03. The summed E-state index contributed by atoms with van der Waals surface area (Å²) in [6.45, 7) is 2.34. The summed E-state index contributed by atoms with van der Waals surface area (Å²) in [7, 11) is 0. The molecule has 3 aromatic rings. The molecule has 6 nitrogen and oxygen atoms in total. The smallest absolute Gasteiger partial charge is 0.324 e. The van der Waals surface area contributed by atoms with Gasteiger partial charge in [-0.2, -0.15) is 0 Å². The number of thiophene rings is 1. The number of aromatic nitrogens is 1. The standard InChI is InChI=1S/C13H11N3O3S/c1-8-15-11-5-10(2-3-12(11)19-8)14-6-9-4-13(16(17)18)20-7-9/h2-5,7,14H,6H2,1H3. The number of rotatable bonds is 4. The Bertz CT molecular complexity index is 778. The van der Waals surface area contributed by atoms with E-state index in [1.807, 2.05) is 18.2 Å². The van der Waals surface area contributed by atoms with Crippen molar-refractivity contribution in [2.75, 3.05) is 5.32 Å². The van der Waals surface area contributed by atoms with Crippen molar-refractivity contribution in [3.8, 4) is 0 Å². The number of benzene rings is 1. The van der Waals surface area contributed by atoms with E-state index in [2.05, 4.69) is 10.3 Å². The fourth-order valence-corrected chi connectivity index (χ4v) is 2.64. The molecule has 2 heterocycles. The highest BCUT2D eigenvalue weighted by Gasteiger charge is 2.09. The summed E-state index contributed by atoms with van der Waals surface area (Å²) < 4.78 is 5.40. The molecule has 0 saturated carbocycles. The molecule has 0 aliphatic heterocycles. The predicted octanol–water partition coefficient (Wildman–Crippen LogP) is 3.72. The second-order valence-electron chi connectivity index (χ2n) is 4.32. The Morgan fingerprint density at radius 2 is 2.30 bits per heavy atom. The van der Waals surface area contributed by atoms with E-state index in [-0.39, 0.29) is 9.92 Å². The number of aryl methyl sites for hydroxylation is 1. The van der Waals surface area contributed by atoms with E-state index in [0.29, 0.717) is 12.4 Å². The summed E-state index contributed by atoms with van der Waals surface area (Å²) >= 11 is 1.13. The minimum absolute atomic E-state index is 0.157. The highest BCUT2D eigenvalue weighted by Crippen LogP contribution is 2.24. The van der Waals surface area contributed by atoms with Gasteiger partial charge in [0.15, 0.2) is 11.5 Å². The molecule has 0 spiro atoms. The van der Waals surface area contributed by atoms with E-state index in [9.17, 15) is 10.1 Å². The fraction of sp³-hybridized carbons (Fsp3) is 0.154. The third-order valence-corrected chi connectivity index (χ3v) is 3.74. The number of hydrogen-bond donors (Lipinski definition) is 1. The Labute approximate surface area is 118 Å². The Morgan fingerprint density at radius 3 is 3.05 bits per heavy atom. The number of nitrogens with zero attached hydrogens (tertiary/aromatic N) is 2. The monoisotopic (exact) mass is 289 g/mol. The van der Waals surface area contributed by atoms with Crippen LogP contribution in [0.4, 0.5) is 10.7 Å². The zero-order chi connectivity index (χ0) is 14.1. The van der Waals surface area contributed by atoms with Crippen LogP contribution in [-0.2, 0) is 6.54 Å². The van der Waals surface area contributed by atoms with E-state index in [0.717, 1.165) is 33.7 Å². The van der Waals surface area contributed by atoms with Crippen LogP contribution in [0.25, 0.3) is 11.1 Å². The molecular weight excluding hydrogens is 278 g/mol. The molecule has 20 heavy (non-hydrogen) atoms. The predicted molar refractivity (Wildman–Crippen MR) is 77.0 cm³/mol. The van der Waals surface area contributed by atoms with Crippen LogP contribution in [-0.4, -0.2) is 9.91 Å². The topological polar surface area (TPSA) is 81.2 Å². The van der Waals surface area contributed by atoms with Crippen molar-refractivity contribution in [2.45, 2.75) is 13.5 Å². The Hall–Kier alpha value is -2.41. The van der Waals surface area contributed by atoms with Crippen LogP contribution in [0.2, 0.25) is 0 Å². The Balaban J connectivity index is 1.73. The fourth-order valence-electron chi connectivity index (χ4n) is 1.91. The summed E-state index contributed by atoms with van der Waals surface area (Å²) in [4.78, 5) is 14.5. The van der Waals surface area contributed by atoms with Gasteiger partial charge in [0.25, 0.3) is 0 Å². The van der Waals surface area contributed by atoms with Crippen molar-refractivity contribution in [3.63, 3.8) is 0 Å². The van der Waals surface area contributed by atoms with Gasteiger partial charge in [-0.05, 0) is 23.8 Å². The average Bonchev–Trinajstić information content (AvgIpc) is 3.00. The molecule has 1 aromatic carbocycles. The molecule has 0 unspecified atom stereocenters. The van der Waals surface area contributed by atoms with Crippen LogP contribution >= 0.6 is 11.3 Å². The van der Waals surface area contributed by atoms with Gasteiger partial charge in [-0.15, -0.1) is 0 Å². The van der Waals surface area contributed by atoms with Gasteiger partial charge in [0.05, 0.1) is 4.92 Å². The Morgan fingerprint density at radius 1 is 1.45 bits per heavy atom. The second kappa shape index (κ2) is 4.93. The van der Waals surface area contributed by atoms with E-state index >= 15 is 0 Å². The van der Waals surface area contributed by atoms with Crippen LogP contribution in [0.5, 0.6) is 0 Å². The van der Waals surface area contributed by atoms with Gasteiger partial charge >= 0.3 is 5.00 Å². The van der Waals surface area contributed by atoms with Crippen molar-refractivity contribution in [1.29, 1.82) is 0 Å². The van der Waals surface area contributed by atoms with Gasteiger partial charge < -0.3 is 9.73 Å². The summed E-state index contributed by atoms with van der Waals surface area (Å²) in [5, 5.41) is 15.8. The number of nitrogens with one attached hydrogen (secondary N) is 1. The maximum atomic E-state index is 10.6. The quantitative estimate of drug-likeness (QED) is 0.584. The normalized spacial score (nSPS) is 10.8. The molecule has 0 bridgehead atoms. The van der Waals surface area contributed by atoms with Crippen LogP contribution in [0.3, 0.4) is 0 Å².